The van der Waals surface area contributed by atoms with Crippen LogP contribution in [0.4, 0.5) is 13.2 Å². The SMILES string of the molecule is O=C(NCc1cc2c(C3C[C@@H](O)[C@@H](CO)O3)[nH]c(=O)nc2o1)C(F)(F)F. The zero-order chi connectivity index (χ0) is 19.1. The summed E-state index contributed by atoms with van der Waals surface area (Å²) in [7, 11) is 0. The Morgan fingerprint density at radius 2 is 2.19 bits per heavy atom. The van der Waals surface area contributed by atoms with Gasteiger partial charge in [0.05, 0.1) is 30.3 Å². The minimum atomic E-state index is -5.03. The summed E-state index contributed by atoms with van der Waals surface area (Å²) in [5.74, 6) is -2.18. The highest BCUT2D eigenvalue weighted by Gasteiger charge is 2.39. The van der Waals surface area contributed by atoms with Crippen molar-refractivity contribution in [1.29, 1.82) is 0 Å². The van der Waals surface area contributed by atoms with E-state index in [2.05, 4.69) is 9.97 Å². The number of carbonyl (C=O) groups excluding carboxylic acids is 1. The highest BCUT2D eigenvalue weighted by molar-refractivity contribution is 5.82. The number of nitrogens with one attached hydrogen (secondary N) is 2. The molecule has 3 heterocycles. The van der Waals surface area contributed by atoms with Crippen molar-refractivity contribution in [1.82, 2.24) is 15.3 Å². The van der Waals surface area contributed by atoms with Gasteiger partial charge >= 0.3 is 17.8 Å². The third-order valence-corrected chi connectivity index (χ3v) is 3.90. The number of fused-ring (bicyclic) bond motifs is 1. The lowest BCUT2D eigenvalue weighted by atomic mass is 10.1. The minimum absolute atomic E-state index is 0.0531. The topological polar surface area (TPSA) is 138 Å². The van der Waals surface area contributed by atoms with Crippen molar-refractivity contribution in [3.05, 3.63) is 28.0 Å². The van der Waals surface area contributed by atoms with E-state index < -0.39 is 49.2 Å². The maximum atomic E-state index is 12.2. The van der Waals surface area contributed by atoms with Crippen LogP contribution in [0.2, 0.25) is 0 Å². The molecule has 3 atom stereocenters. The van der Waals surface area contributed by atoms with E-state index in [0.717, 1.165) is 0 Å². The van der Waals surface area contributed by atoms with E-state index in [1.165, 1.54) is 6.07 Å². The molecule has 0 spiro atoms. The molecule has 2 aromatic heterocycles. The Morgan fingerprint density at radius 1 is 1.46 bits per heavy atom. The Bertz CT molecular complexity index is 877. The standard InChI is InChI=1S/C14H14F3N3O6/c15-14(16,17)12(23)18-3-5-1-6-10(19-13(24)20-11(6)25-5)8-2-7(22)9(4-21)26-8/h1,7-9,21-22H,2-4H2,(H,18,23)(H,19,20,24)/t7-,8?,9-/m1/s1. The first kappa shape index (κ1) is 18.4. The van der Waals surface area contributed by atoms with Crippen molar-refractivity contribution in [3.8, 4) is 0 Å². The lowest BCUT2D eigenvalue weighted by Gasteiger charge is -2.12. The molecule has 9 nitrogen and oxygen atoms in total. The summed E-state index contributed by atoms with van der Waals surface area (Å²) < 4.78 is 47.3. The van der Waals surface area contributed by atoms with Crippen LogP contribution in [0.1, 0.15) is 24.0 Å². The number of furan rings is 1. The van der Waals surface area contributed by atoms with Crippen LogP contribution in [-0.2, 0) is 16.1 Å². The Balaban J connectivity index is 1.88. The number of amides is 1. The van der Waals surface area contributed by atoms with E-state index in [9.17, 15) is 27.9 Å². The highest BCUT2D eigenvalue weighted by Crippen LogP contribution is 2.35. The highest BCUT2D eigenvalue weighted by atomic mass is 19.4. The van der Waals surface area contributed by atoms with E-state index in [0.29, 0.717) is 0 Å². The number of ether oxygens (including phenoxy) is 1. The van der Waals surface area contributed by atoms with Gasteiger partial charge in [-0.05, 0) is 6.07 Å². The first-order chi connectivity index (χ1) is 12.2. The third-order valence-electron chi connectivity index (χ3n) is 3.90. The van der Waals surface area contributed by atoms with Gasteiger partial charge in [-0.25, -0.2) is 4.79 Å². The Morgan fingerprint density at radius 3 is 2.81 bits per heavy atom. The van der Waals surface area contributed by atoms with Crippen LogP contribution < -0.4 is 11.0 Å². The summed E-state index contributed by atoms with van der Waals surface area (Å²) >= 11 is 0. The molecular weight excluding hydrogens is 363 g/mol. The smallest absolute Gasteiger partial charge is 0.441 e. The molecule has 1 fully saturated rings. The van der Waals surface area contributed by atoms with Crippen LogP contribution in [0.3, 0.4) is 0 Å². The summed E-state index contributed by atoms with van der Waals surface area (Å²) in [4.78, 5) is 28.6. The van der Waals surface area contributed by atoms with Crippen molar-refractivity contribution < 1.29 is 37.3 Å². The average Bonchev–Trinajstić information content (AvgIpc) is 3.13. The van der Waals surface area contributed by atoms with Crippen molar-refractivity contribution in [2.45, 2.75) is 37.5 Å². The van der Waals surface area contributed by atoms with Crippen molar-refractivity contribution >= 4 is 17.0 Å². The van der Waals surface area contributed by atoms with E-state index in [1.54, 1.807) is 5.32 Å². The van der Waals surface area contributed by atoms with Gasteiger partial charge in [0.2, 0.25) is 5.71 Å². The van der Waals surface area contributed by atoms with Gasteiger partial charge < -0.3 is 29.7 Å². The second kappa shape index (κ2) is 6.70. The zero-order valence-corrected chi connectivity index (χ0v) is 13.0. The summed E-state index contributed by atoms with van der Waals surface area (Å²) in [5, 5.41) is 20.9. The third kappa shape index (κ3) is 3.57. The number of hydrogen-bond acceptors (Lipinski definition) is 7. The number of aromatic amines is 1. The number of alkyl halides is 3. The fourth-order valence-corrected chi connectivity index (χ4v) is 2.70. The van der Waals surface area contributed by atoms with Gasteiger partial charge in [0.15, 0.2) is 0 Å². The molecule has 0 bridgehead atoms. The molecule has 1 aliphatic heterocycles. The number of nitrogens with zero attached hydrogens (tertiary/aromatic N) is 1. The van der Waals surface area contributed by atoms with Gasteiger partial charge in [0, 0.05) is 6.42 Å². The summed E-state index contributed by atoms with van der Waals surface area (Å²) in [5.41, 5.74) is -0.712. The fourth-order valence-electron chi connectivity index (χ4n) is 2.70. The molecule has 0 aliphatic carbocycles. The molecule has 4 N–H and O–H groups in total. The summed E-state index contributed by atoms with van der Waals surface area (Å²) in [6.45, 7) is -0.980. The van der Waals surface area contributed by atoms with Gasteiger partial charge in [-0.15, -0.1) is 0 Å². The van der Waals surface area contributed by atoms with Crippen molar-refractivity contribution in [2.75, 3.05) is 6.61 Å². The largest absolute Gasteiger partial charge is 0.471 e. The van der Waals surface area contributed by atoms with Gasteiger partial charge in [0.25, 0.3) is 0 Å². The lowest BCUT2D eigenvalue weighted by Crippen LogP contribution is -2.36. The molecule has 0 radical (unpaired) electrons. The number of aromatic nitrogens is 2. The zero-order valence-electron chi connectivity index (χ0n) is 13.0. The fraction of sp³-hybridized carbons (Fsp3) is 0.500. The number of aliphatic hydroxyl groups excluding tert-OH is 2. The number of hydrogen-bond donors (Lipinski definition) is 4. The second-order valence-corrected chi connectivity index (χ2v) is 5.72. The van der Waals surface area contributed by atoms with Gasteiger partial charge in [-0.1, -0.05) is 0 Å². The minimum Gasteiger partial charge on any atom is -0.441 e. The predicted octanol–water partition coefficient (Wildman–Crippen LogP) is -0.122. The molecule has 26 heavy (non-hydrogen) atoms. The molecule has 0 aromatic carbocycles. The van der Waals surface area contributed by atoms with E-state index >= 15 is 0 Å². The van der Waals surface area contributed by atoms with E-state index in [-0.39, 0.29) is 29.0 Å². The number of carbonyl (C=O) groups is 1. The maximum Gasteiger partial charge on any atom is 0.471 e. The molecule has 1 amide bonds. The van der Waals surface area contributed by atoms with Crippen LogP contribution >= 0.6 is 0 Å². The van der Waals surface area contributed by atoms with Crippen LogP contribution in [-0.4, -0.2) is 51.1 Å². The maximum absolute atomic E-state index is 12.2. The normalized spacial score (nSPS) is 23.5. The van der Waals surface area contributed by atoms with E-state index in [4.69, 9.17) is 14.3 Å². The number of aliphatic hydroxyl groups is 2. The molecule has 12 heteroatoms. The Hall–Kier alpha value is -2.44. The second-order valence-electron chi connectivity index (χ2n) is 5.72. The van der Waals surface area contributed by atoms with Gasteiger partial charge in [0.1, 0.15) is 18.0 Å². The van der Waals surface area contributed by atoms with Crippen LogP contribution in [0.25, 0.3) is 11.1 Å². The number of halogens is 3. The number of H-pyrrole nitrogens is 1. The molecule has 2 aromatic rings. The first-order valence-corrected chi connectivity index (χ1v) is 7.51. The van der Waals surface area contributed by atoms with Gasteiger partial charge in [-0.3, -0.25) is 4.79 Å². The van der Waals surface area contributed by atoms with Crippen molar-refractivity contribution in [2.24, 2.45) is 0 Å². The Labute approximate surface area is 142 Å². The monoisotopic (exact) mass is 377 g/mol. The van der Waals surface area contributed by atoms with Crippen LogP contribution in [0.15, 0.2) is 15.3 Å². The summed E-state index contributed by atoms with van der Waals surface area (Å²) in [6.07, 6.45) is -7.49. The molecular formula is C14H14F3N3O6. The van der Waals surface area contributed by atoms with Crippen molar-refractivity contribution in [3.63, 3.8) is 0 Å². The Kier molecular flexibility index (Phi) is 4.73. The van der Waals surface area contributed by atoms with E-state index in [1.807, 2.05) is 0 Å². The van der Waals surface area contributed by atoms with Crippen LogP contribution in [0, 0.1) is 0 Å². The summed E-state index contributed by atoms with van der Waals surface area (Å²) in [6, 6.07) is 1.31. The van der Waals surface area contributed by atoms with Gasteiger partial charge in [-0.2, -0.15) is 18.2 Å². The molecule has 0 saturated carbocycles. The molecule has 142 valence electrons. The molecule has 3 rings (SSSR count). The first-order valence-electron chi connectivity index (χ1n) is 7.51. The molecule has 1 saturated heterocycles. The molecule has 1 unspecified atom stereocenters. The number of rotatable bonds is 4. The molecule has 1 aliphatic rings. The quantitative estimate of drug-likeness (QED) is 0.583. The predicted molar refractivity (Wildman–Crippen MR) is 77.9 cm³/mol. The average molecular weight is 377 g/mol. The van der Waals surface area contributed by atoms with Crippen LogP contribution in [0.5, 0.6) is 0 Å². The lowest BCUT2D eigenvalue weighted by molar-refractivity contribution is -0.173.